The van der Waals surface area contributed by atoms with Crippen molar-refractivity contribution in [3.05, 3.63) is 80.0 Å². The van der Waals surface area contributed by atoms with E-state index in [0.717, 1.165) is 17.0 Å². The van der Waals surface area contributed by atoms with Crippen LogP contribution in [0.5, 0.6) is 5.75 Å². The molecule has 8 nitrogen and oxygen atoms in total. The molecule has 2 aromatic heterocycles. The van der Waals surface area contributed by atoms with E-state index in [4.69, 9.17) is 16.3 Å². The number of methoxy groups -OCH3 is 1. The van der Waals surface area contributed by atoms with Crippen molar-refractivity contribution in [2.75, 3.05) is 18.6 Å². The molecule has 0 atom stereocenters. The lowest BCUT2D eigenvalue weighted by Gasteiger charge is -2.18. The second-order valence-corrected chi connectivity index (χ2v) is 7.86. The summed E-state index contributed by atoms with van der Waals surface area (Å²) in [5.74, 6) is 1.34. The zero-order valence-corrected chi connectivity index (χ0v) is 17.8. The number of nitrogens with zero attached hydrogens (tertiary/aromatic N) is 5. The summed E-state index contributed by atoms with van der Waals surface area (Å²) >= 11 is 6.07. The van der Waals surface area contributed by atoms with Gasteiger partial charge in [0.05, 0.1) is 19.3 Å². The van der Waals surface area contributed by atoms with Gasteiger partial charge in [0, 0.05) is 25.2 Å². The Morgan fingerprint density at radius 3 is 2.68 bits per heavy atom. The first-order valence-electron chi connectivity index (χ1n) is 9.84. The van der Waals surface area contributed by atoms with Gasteiger partial charge in [0.1, 0.15) is 5.75 Å². The van der Waals surface area contributed by atoms with Crippen LogP contribution in [0.3, 0.4) is 0 Å². The summed E-state index contributed by atoms with van der Waals surface area (Å²) in [4.78, 5) is 33.0. The molecule has 0 radical (unpaired) electrons. The van der Waals surface area contributed by atoms with Crippen LogP contribution in [0.15, 0.2) is 58.1 Å². The maximum atomic E-state index is 13.4. The van der Waals surface area contributed by atoms with E-state index in [1.54, 1.807) is 32.4 Å². The summed E-state index contributed by atoms with van der Waals surface area (Å²) < 4.78 is 10.0. The third kappa shape index (κ3) is 3.02. The summed E-state index contributed by atoms with van der Waals surface area (Å²) in [6, 6.07) is 14.8. The SMILES string of the molecule is COc1ccccc1N1CCn2c1nc1c2c(=O)n(Cc2cccc(Cl)c2)c(=O)n1C. The molecule has 0 saturated carbocycles. The molecule has 0 aliphatic carbocycles. The van der Waals surface area contributed by atoms with Crippen LogP contribution in [-0.2, 0) is 20.1 Å². The first kappa shape index (κ1) is 19.4. The number of halogens is 1. The van der Waals surface area contributed by atoms with Crippen molar-refractivity contribution in [3.63, 3.8) is 0 Å². The van der Waals surface area contributed by atoms with Gasteiger partial charge in [0.15, 0.2) is 11.2 Å². The normalized spacial score (nSPS) is 13.1. The molecule has 0 amide bonds. The van der Waals surface area contributed by atoms with Gasteiger partial charge < -0.3 is 14.2 Å². The molecule has 5 rings (SSSR count). The van der Waals surface area contributed by atoms with Crippen LogP contribution in [0, 0.1) is 0 Å². The lowest BCUT2D eigenvalue weighted by Crippen LogP contribution is -2.40. The molecule has 0 bridgehead atoms. The van der Waals surface area contributed by atoms with E-state index < -0.39 is 5.69 Å². The molecule has 3 heterocycles. The van der Waals surface area contributed by atoms with Crippen LogP contribution in [-0.4, -0.2) is 32.3 Å². The van der Waals surface area contributed by atoms with Crippen LogP contribution in [0.1, 0.15) is 5.56 Å². The van der Waals surface area contributed by atoms with E-state index in [0.29, 0.717) is 35.2 Å². The van der Waals surface area contributed by atoms with Gasteiger partial charge in [-0.3, -0.25) is 13.9 Å². The topological polar surface area (TPSA) is 74.3 Å². The Balaban J connectivity index is 1.69. The largest absolute Gasteiger partial charge is 0.495 e. The Labute approximate surface area is 182 Å². The minimum absolute atomic E-state index is 0.138. The van der Waals surface area contributed by atoms with Gasteiger partial charge in [-0.25, -0.2) is 4.79 Å². The second-order valence-electron chi connectivity index (χ2n) is 7.42. The molecule has 1 aliphatic rings. The maximum absolute atomic E-state index is 13.4. The van der Waals surface area contributed by atoms with E-state index in [9.17, 15) is 9.59 Å². The molecule has 1 aliphatic heterocycles. The van der Waals surface area contributed by atoms with Gasteiger partial charge in [0.25, 0.3) is 5.56 Å². The van der Waals surface area contributed by atoms with Crippen LogP contribution < -0.4 is 20.9 Å². The number of fused-ring (bicyclic) bond motifs is 3. The fourth-order valence-corrected chi connectivity index (χ4v) is 4.33. The van der Waals surface area contributed by atoms with Gasteiger partial charge in [0.2, 0.25) is 5.95 Å². The lowest BCUT2D eigenvalue weighted by molar-refractivity contribution is 0.415. The second kappa shape index (κ2) is 7.31. The van der Waals surface area contributed by atoms with E-state index in [1.165, 1.54) is 9.13 Å². The van der Waals surface area contributed by atoms with Gasteiger partial charge >= 0.3 is 5.69 Å². The third-order valence-electron chi connectivity index (χ3n) is 5.61. The number of anilines is 2. The highest BCUT2D eigenvalue weighted by molar-refractivity contribution is 6.30. The standard InChI is InChI=1S/C22H20ClN5O3/c1-25-19-18(20(29)28(22(25)30)13-14-6-5-7-15(23)12-14)27-11-10-26(21(27)24-19)16-8-3-4-9-17(16)31-2/h3-9,12H,10-11,13H2,1-2H3. The van der Waals surface area contributed by atoms with Crippen molar-refractivity contribution in [2.24, 2.45) is 7.05 Å². The smallest absolute Gasteiger partial charge is 0.332 e. The Bertz CT molecular complexity index is 1440. The molecule has 0 fully saturated rings. The molecule has 2 aromatic carbocycles. The van der Waals surface area contributed by atoms with Crippen molar-refractivity contribution in [1.82, 2.24) is 18.7 Å². The molecular weight excluding hydrogens is 418 g/mol. The van der Waals surface area contributed by atoms with Gasteiger partial charge in [-0.15, -0.1) is 0 Å². The molecule has 0 spiro atoms. The fourth-order valence-electron chi connectivity index (χ4n) is 4.12. The van der Waals surface area contributed by atoms with Gasteiger partial charge in [-0.1, -0.05) is 35.9 Å². The Morgan fingerprint density at radius 2 is 1.90 bits per heavy atom. The average Bonchev–Trinajstić information content (AvgIpc) is 3.35. The molecule has 4 aromatic rings. The van der Waals surface area contributed by atoms with Crippen molar-refractivity contribution in [3.8, 4) is 5.75 Å². The van der Waals surface area contributed by atoms with Gasteiger partial charge in [-0.05, 0) is 29.8 Å². The molecule has 31 heavy (non-hydrogen) atoms. The zero-order chi connectivity index (χ0) is 21.7. The number of imidazole rings is 1. The van der Waals surface area contributed by atoms with Crippen LogP contribution in [0.2, 0.25) is 5.02 Å². The van der Waals surface area contributed by atoms with Crippen LogP contribution >= 0.6 is 11.6 Å². The summed E-state index contributed by atoms with van der Waals surface area (Å²) in [5.41, 5.74) is 1.64. The highest BCUT2D eigenvalue weighted by Gasteiger charge is 2.30. The van der Waals surface area contributed by atoms with Crippen molar-refractivity contribution in [2.45, 2.75) is 13.1 Å². The Hall–Kier alpha value is -3.52. The van der Waals surface area contributed by atoms with Crippen LogP contribution in [0.4, 0.5) is 11.6 Å². The molecular formula is C22H20ClN5O3. The Kier molecular flexibility index (Phi) is 4.59. The predicted molar refractivity (Wildman–Crippen MR) is 120 cm³/mol. The number of benzene rings is 2. The molecule has 0 saturated heterocycles. The summed E-state index contributed by atoms with van der Waals surface area (Å²) in [6.45, 7) is 1.36. The van der Waals surface area contributed by atoms with Crippen molar-refractivity contribution < 1.29 is 4.74 Å². The van der Waals surface area contributed by atoms with Crippen molar-refractivity contribution in [1.29, 1.82) is 0 Å². The first-order chi connectivity index (χ1) is 15.0. The number of rotatable bonds is 4. The highest BCUT2D eigenvalue weighted by atomic mass is 35.5. The molecule has 0 N–H and O–H groups in total. The average molecular weight is 438 g/mol. The minimum atomic E-state index is -0.418. The predicted octanol–water partition coefficient (Wildman–Crippen LogP) is 2.76. The first-order valence-corrected chi connectivity index (χ1v) is 10.2. The number of aromatic nitrogens is 4. The van der Waals surface area contributed by atoms with E-state index >= 15 is 0 Å². The Morgan fingerprint density at radius 1 is 1.10 bits per heavy atom. The zero-order valence-electron chi connectivity index (χ0n) is 17.1. The van der Waals surface area contributed by atoms with Gasteiger partial charge in [-0.2, -0.15) is 4.98 Å². The molecule has 0 unspecified atom stereocenters. The van der Waals surface area contributed by atoms with Crippen molar-refractivity contribution >= 4 is 34.4 Å². The fraction of sp³-hybridized carbons (Fsp3) is 0.227. The third-order valence-corrected chi connectivity index (χ3v) is 5.84. The molecule has 158 valence electrons. The number of para-hydroxylation sites is 2. The quantitative estimate of drug-likeness (QED) is 0.491. The number of hydrogen-bond acceptors (Lipinski definition) is 5. The number of ether oxygens (including phenoxy) is 1. The number of hydrogen-bond donors (Lipinski definition) is 0. The maximum Gasteiger partial charge on any atom is 0.332 e. The lowest BCUT2D eigenvalue weighted by atomic mass is 10.2. The summed E-state index contributed by atoms with van der Waals surface area (Å²) in [7, 11) is 3.25. The summed E-state index contributed by atoms with van der Waals surface area (Å²) in [6.07, 6.45) is 0. The van der Waals surface area contributed by atoms with E-state index in [-0.39, 0.29) is 12.1 Å². The highest BCUT2D eigenvalue weighted by Crippen LogP contribution is 2.36. The molecule has 9 heteroatoms. The van der Waals surface area contributed by atoms with E-state index in [2.05, 4.69) is 4.98 Å². The van der Waals surface area contributed by atoms with Crippen LogP contribution in [0.25, 0.3) is 11.2 Å². The summed E-state index contributed by atoms with van der Waals surface area (Å²) in [5, 5.41) is 0.557. The monoisotopic (exact) mass is 437 g/mol. The minimum Gasteiger partial charge on any atom is -0.495 e. The number of aryl methyl sites for hydroxylation is 1. The van der Waals surface area contributed by atoms with E-state index in [1.807, 2.05) is 39.8 Å².